The van der Waals surface area contributed by atoms with Gasteiger partial charge in [0.1, 0.15) is 24.4 Å². The highest BCUT2D eigenvalue weighted by atomic mass is 19.4. The number of carboxylic acid groups (broad SMARTS) is 1. The van der Waals surface area contributed by atoms with E-state index >= 15 is 0 Å². The maximum atomic E-state index is 12.4. The lowest BCUT2D eigenvalue weighted by atomic mass is 10.3. The van der Waals surface area contributed by atoms with E-state index in [1.54, 1.807) is 24.4 Å². The smallest absolute Gasteiger partial charge is 0.406 e. The zero-order chi connectivity index (χ0) is 15.6. The van der Waals surface area contributed by atoms with Gasteiger partial charge in [-0.2, -0.15) is 13.2 Å². The van der Waals surface area contributed by atoms with Gasteiger partial charge in [0.05, 0.1) is 0 Å². The molecule has 1 N–H and O–H groups in total. The van der Waals surface area contributed by atoms with Crippen LogP contribution in [0.5, 0.6) is 0 Å². The van der Waals surface area contributed by atoms with Crippen LogP contribution < -0.4 is 0 Å². The minimum atomic E-state index is -4.69. The molecule has 1 amide bonds. The second kappa shape index (κ2) is 5.43. The number of amides is 1. The second-order valence-corrected chi connectivity index (χ2v) is 4.26. The Kier molecular flexibility index (Phi) is 3.83. The summed E-state index contributed by atoms with van der Waals surface area (Å²) < 4.78 is 38.7. The Balaban J connectivity index is 2.30. The molecule has 0 saturated heterocycles. The van der Waals surface area contributed by atoms with Crippen LogP contribution in [0.1, 0.15) is 10.5 Å². The van der Waals surface area contributed by atoms with Gasteiger partial charge in [0, 0.05) is 12.4 Å². The number of aromatic nitrogens is 2. The molecule has 2 heterocycles. The number of fused-ring (bicyclic) bond motifs is 1. The SMILES string of the molecule is O=C(O)CN(CC(F)(F)F)C(=O)c1cn2ccccc2n1. The van der Waals surface area contributed by atoms with Crippen LogP contribution in [0.4, 0.5) is 13.2 Å². The highest BCUT2D eigenvalue weighted by Crippen LogP contribution is 2.18. The van der Waals surface area contributed by atoms with Gasteiger partial charge >= 0.3 is 12.1 Å². The van der Waals surface area contributed by atoms with E-state index < -0.39 is 31.1 Å². The Morgan fingerprint density at radius 1 is 1.33 bits per heavy atom. The first kappa shape index (κ1) is 14.8. The number of pyridine rings is 1. The predicted molar refractivity (Wildman–Crippen MR) is 64.8 cm³/mol. The molecule has 0 aromatic carbocycles. The molecule has 0 bridgehead atoms. The van der Waals surface area contributed by atoms with Gasteiger partial charge in [-0.15, -0.1) is 0 Å². The fourth-order valence-corrected chi connectivity index (χ4v) is 1.78. The highest BCUT2D eigenvalue weighted by molar-refractivity contribution is 5.94. The third kappa shape index (κ3) is 3.71. The highest BCUT2D eigenvalue weighted by Gasteiger charge is 2.35. The standard InChI is InChI=1S/C12H10F3N3O3/c13-12(14,15)7-18(6-10(19)20)11(21)8-5-17-4-2-1-3-9(17)16-8/h1-5H,6-7H2,(H,19,20). The number of carbonyl (C=O) groups excluding carboxylic acids is 1. The first-order chi connectivity index (χ1) is 9.76. The zero-order valence-corrected chi connectivity index (χ0v) is 10.5. The molecule has 0 aliphatic carbocycles. The topological polar surface area (TPSA) is 74.9 Å². The van der Waals surface area contributed by atoms with Gasteiger partial charge in [0.25, 0.3) is 5.91 Å². The van der Waals surface area contributed by atoms with Gasteiger partial charge in [-0.05, 0) is 12.1 Å². The van der Waals surface area contributed by atoms with Gasteiger partial charge in [-0.25, -0.2) is 4.98 Å². The molecule has 2 rings (SSSR count). The maximum absolute atomic E-state index is 12.4. The summed E-state index contributed by atoms with van der Waals surface area (Å²) in [5.41, 5.74) is 0.134. The molecule has 112 valence electrons. The number of rotatable bonds is 4. The van der Waals surface area contributed by atoms with Crippen LogP contribution in [0.25, 0.3) is 5.65 Å². The molecule has 21 heavy (non-hydrogen) atoms. The monoisotopic (exact) mass is 301 g/mol. The Bertz CT molecular complexity index is 648. The number of alkyl halides is 3. The molecule has 2 aromatic rings. The summed E-state index contributed by atoms with van der Waals surface area (Å²) in [5.74, 6) is -2.62. The Morgan fingerprint density at radius 2 is 2.05 bits per heavy atom. The van der Waals surface area contributed by atoms with Crippen molar-refractivity contribution in [2.45, 2.75) is 6.18 Å². The van der Waals surface area contributed by atoms with Crippen LogP contribution in [0.15, 0.2) is 30.6 Å². The Morgan fingerprint density at radius 3 is 2.62 bits per heavy atom. The van der Waals surface area contributed by atoms with Crippen LogP contribution >= 0.6 is 0 Å². The summed E-state index contributed by atoms with van der Waals surface area (Å²) >= 11 is 0. The zero-order valence-electron chi connectivity index (χ0n) is 10.5. The number of carbonyl (C=O) groups is 2. The van der Waals surface area contributed by atoms with Crippen molar-refractivity contribution in [2.24, 2.45) is 0 Å². The molecule has 0 atom stereocenters. The van der Waals surface area contributed by atoms with Crippen molar-refractivity contribution >= 4 is 17.5 Å². The van der Waals surface area contributed by atoms with Gasteiger partial charge in [0.2, 0.25) is 0 Å². The van der Waals surface area contributed by atoms with E-state index in [9.17, 15) is 22.8 Å². The molecule has 0 aliphatic rings. The van der Waals surface area contributed by atoms with Crippen molar-refractivity contribution in [2.75, 3.05) is 13.1 Å². The fourth-order valence-electron chi connectivity index (χ4n) is 1.78. The molecule has 0 aliphatic heterocycles. The van der Waals surface area contributed by atoms with Crippen molar-refractivity contribution in [3.05, 3.63) is 36.3 Å². The summed E-state index contributed by atoms with van der Waals surface area (Å²) in [6.45, 7) is -2.70. The molecule has 9 heteroatoms. The van der Waals surface area contributed by atoms with E-state index in [0.717, 1.165) is 0 Å². The van der Waals surface area contributed by atoms with E-state index in [2.05, 4.69) is 4.98 Å². The number of imidazole rings is 1. The Hall–Kier alpha value is -2.58. The molecule has 0 spiro atoms. The van der Waals surface area contributed by atoms with Crippen LogP contribution in [-0.4, -0.2) is 50.5 Å². The van der Waals surface area contributed by atoms with Crippen molar-refractivity contribution in [3.8, 4) is 0 Å². The first-order valence-electron chi connectivity index (χ1n) is 5.78. The molecule has 0 radical (unpaired) electrons. The lowest BCUT2D eigenvalue weighted by molar-refractivity contribution is -0.149. The van der Waals surface area contributed by atoms with Crippen molar-refractivity contribution < 1.29 is 27.9 Å². The lowest BCUT2D eigenvalue weighted by Crippen LogP contribution is -2.42. The van der Waals surface area contributed by atoms with Crippen LogP contribution in [0.3, 0.4) is 0 Å². The molecule has 2 aromatic heterocycles. The maximum Gasteiger partial charge on any atom is 0.406 e. The molecule has 0 unspecified atom stereocenters. The molecule has 6 nitrogen and oxygen atoms in total. The van der Waals surface area contributed by atoms with Gasteiger partial charge in [0.15, 0.2) is 0 Å². The number of hydrogen-bond donors (Lipinski definition) is 1. The summed E-state index contributed by atoms with van der Waals surface area (Å²) in [6.07, 6.45) is -1.86. The number of carboxylic acids is 1. The van der Waals surface area contributed by atoms with Gasteiger partial charge < -0.3 is 14.4 Å². The minimum absolute atomic E-state index is 0.199. The lowest BCUT2D eigenvalue weighted by Gasteiger charge is -2.20. The largest absolute Gasteiger partial charge is 0.480 e. The fraction of sp³-hybridized carbons (Fsp3) is 0.250. The first-order valence-corrected chi connectivity index (χ1v) is 5.78. The third-order valence-electron chi connectivity index (χ3n) is 2.57. The van der Waals surface area contributed by atoms with Crippen molar-refractivity contribution in [1.82, 2.24) is 14.3 Å². The van der Waals surface area contributed by atoms with Crippen LogP contribution in [0.2, 0.25) is 0 Å². The normalized spacial score (nSPS) is 11.6. The van der Waals surface area contributed by atoms with Crippen LogP contribution in [-0.2, 0) is 4.79 Å². The van der Waals surface area contributed by atoms with E-state index in [4.69, 9.17) is 5.11 Å². The summed E-state index contributed by atoms with van der Waals surface area (Å²) in [4.78, 5) is 26.7. The average molecular weight is 301 g/mol. The summed E-state index contributed by atoms with van der Waals surface area (Å²) in [6, 6.07) is 4.89. The quantitative estimate of drug-likeness (QED) is 0.927. The second-order valence-electron chi connectivity index (χ2n) is 4.26. The number of hydrogen-bond acceptors (Lipinski definition) is 3. The average Bonchev–Trinajstić information content (AvgIpc) is 2.78. The van der Waals surface area contributed by atoms with E-state index in [-0.39, 0.29) is 10.6 Å². The molecule has 0 fully saturated rings. The van der Waals surface area contributed by atoms with Gasteiger partial charge in [-0.3, -0.25) is 9.59 Å². The number of halogens is 3. The van der Waals surface area contributed by atoms with Crippen molar-refractivity contribution in [3.63, 3.8) is 0 Å². The Labute approximate surface area is 116 Å². The number of nitrogens with zero attached hydrogens (tertiary/aromatic N) is 3. The molecular weight excluding hydrogens is 291 g/mol. The summed E-state index contributed by atoms with van der Waals surface area (Å²) in [5, 5.41) is 8.63. The van der Waals surface area contributed by atoms with E-state index in [1.807, 2.05) is 0 Å². The van der Waals surface area contributed by atoms with E-state index in [0.29, 0.717) is 5.65 Å². The summed E-state index contributed by atoms with van der Waals surface area (Å²) in [7, 11) is 0. The minimum Gasteiger partial charge on any atom is -0.480 e. The van der Waals surface area contributed by atoms with E-state index in [1.165, 1.54) is 10.6 Å². The van der Waals surface area contributed by atoms with Crippen LogP contribution in [0, 0.1) is 0 Å². The predicted octanol–water partition coefficient (Wildman–Crippen LogP) is 1.42. The molecule has 0 saturated carbocycles. The number of aliphatic carboxylic acids is 1. The molecular formula is C12H10F3N3O3. The van der Waals surface area contributed by atoms with Crippen molar-refractivity contribution in [1.29, 1.82) is 0 Å². The third-order valence-corrected chi connectivity index (χ3v) is 2.57. The van der Waals surface area contributed by atoms with Gasteiger partial charge in [-0.1, -0.05) is 6.07 Å².